The highest BCUT2D eigenvalue weighted by Crippen LogP contribution is 2.40. The molecule has 0 N–H and O–H groups in total. The van der Waals surface area contributed by atoms with Crippen LogP contribution in [0.15, 0.2) is 243 Å². The van der Waals surface area contributed by atoms with E-state index in [1.165, 1.54) is 211 Å². The van der Waals surface area contributed by atoms with E-state index in [1.54, 1.807) is 66.7 Å². The van der Waals surface area contributed by atoms with Crippen LogP contribution in [0, 0.1) is 0 Å². The van der Waals surface area contributed by atoms with Gasteiger partial charge in [0.1, 0.15) is 139 Å². The first-order valence-electron chi connectivity index (χ1n) is 40.4. The van der Waals surface area contributed by atoms with Gasteiger partial charge >= 0.3 is 89.5 Å². The van der Waals surface area contributed by atoms with Gasteiger partial charge < -0.3 is 104 Å². The lowest BCUT2D eigenvalue weighted by molar-refractivity contribution is -0.283. The zero-order valence-electron chi connectivity index (χ0n) is 72.9. The van der Waals surface area contributed by atoms with Gasteiger partial charge in [0.2, 0.25) is 24.8 Å². The number of benzene rings is 10. The number of hydrogen-bond acceptors (Lipinski definition) is 37. The number of carbonyl (C=O) groups is 15. The number of ether oxygens (including phenoxy) is 22. The molecule has 2 saturated heterocycles. The van der Waals surface area contributed by atoms with Crippen LogP contribution in [0.3, 0.4) is 0 Å². The fourth-order valence-electron chi connectivity index (χ4n) is 13.4. The molecule has 0 spiro atoms. The third-order valence-electron chi connectivity index (χ3n) is 19.3. The molecule has 10 unspecified atom stereocenters. The van der Waals surface area contributed by atoms with Gasteiger partial charge in [-0.3, -0.25) is 24.0 Å². The summed E-state index contributed by atoms with van der Waals surface area (Å²) >= 11 is 0. The van der Waals surface area contributed by atoms with Gasteiger partial charge in [0.25, 0.3) is 0 Å². The standard InChI is InChI=1S/C51H42O21.C46H42O16/c1-27(52)63-37-21-11-6-16-32(37)46(57)62-26-42-43(69-47(58)33-17-7-12-22-38(33)64-28(2)53)44(70-48(59)34-18-8-13-23-39(34)65-29(3)54)45(71-49(60)35-19-9-14-24-40(35)66-30(4)55)51(68-42)72-50(61)36-20-10-15-25-41(36)67-31(5)56;1-52-32-21-11-6-16-27(32)41(47)57-26-37(58-42(48)28-17-7-12-22-33(28)53-2)38-39(59-43(49)29-18-8-13-23-34(29)54-3)40(60-44(50)30-19-9-14-24-35(30)55-4)46(61-38)62-45(51)31-20-10-15-25-36(31)56-5/h6-25,42-45,51H,26H2,1-5H3;6-25,37-40,46H,26H2,1-5H3. The second-order valence-electron chi connectivity index (χ2n) is 28.3. The van der Waals surface area contributed by atoms with Crippen molar-refractivity contribution < 1.29 is 176 Å². The Morgan fingerprint density at radius 1 is 0.239 bits per heavy atom. The van der Waals surface area contributed by atoms with Gasteiger partial charge in [0.05, 0.1) is 35.5 Å². The van der Waals surface area contributed by atoms with Crippen LogP contribution in [0.1, 0.15) is 138 Å². The van der Waals surface area contributed by atoms with Crippen LogP contribution in [-0.2, 0) is 80.8 Å². The zero-order valence-corrected chi connectivity index (χ0v) is 72.9. The lowest BCUT2D eigenvalue weighted by atomic mass is 9.97. The highest BCUT2D eigenvalue weighted by atomic mass is 16.8. The van der Waals surface area contributed by atoms with Crippen LogP contribution in [0.5, 0.6) is 57.5 Å². The van der Waals surface area contributed by atoms with Crippen molar-refractivity contribution in [2.75, 3.05) is 48.8 Å². The Bertz CT molecular complexity index is 6040. The summed E-state index contributed by atoms with van der Waals surface area (Å²) in [6.07, 6.45) is -19.5. The molecule has 0 aromatic heterocycles. The van der Waals surface area contributed by atoms with E-state index in [0.29, 0.717) is 0 Å². The van der Waals surface area contributed by atoms with Crippen LogP contribution >= 0.6 is 0 Å². The van der Waals surface area contributed by atoms with Crippen molar-refractivity contribution in [2.45, 2.75) is 96.0 Å². The molecular formula is C97H84O37. The van der Waals surface area contributed by atoms with Crippen molar-refractivity contribution in [3.63, 3.8) is 0 Å². The molecule has 10 atom stereocenters. The molecule has 12 rings (SSSR count). The highest BCUT2D eigenvalue weighted by molar-refractivity contribution is 5.99. The Labute approximate surface area is 762 Å². The fraction of sp³-hybridized carbons (Fsp3) is 0.227. The molecule has 37 heteroatoms. The third-order valence-corrected chi connectivity index (χ3v) is 19.3. The van der Waals surface area contributed by atoms with Crippen molar-refractivity contribution >= 4 is 89.5 Å². The molecule has 2 aliphatic heterocycles. The Morgan fingerprint density at radius 2 is 0.455 bits per heavy atom. The van der Waals surface area contributed by atoms with E-state index in [9.17, 15) is 71.9 Å². The molecule has 10 aromatic carbocycles. The molecule has 0 saturated carbocycles. The van der Waals surface area contributed by atoms with Crippen LogP contribution in [0.4, 0.5) is 0 Å². The summed E-state index contributed by atoms with van der Waals surface area (Å²) < 4.78 is 125. The summed E-state index contributed by atoms with van der Waals surface area (Å²) in [7, 11) is 6.78. The maximum atomic E-state index is 14.5. The number of methoxy groups -OCH3 is 5. The minimum absolute atomic E-state index is 0.0310. The van der Waals surface area contributed by atoms with Crippen LogP contribution in [0.25, 0.3) is 0 Å². The van der Waals surface area contributed by atoms with Gasteiger partial charge in [0.15, 0.2) is 24.4 Å². The summed E-state index contributed by atoms with van der Waals surface area (Å²) in [5.74, 6) is -16.2. The van der Waals surface area contributed by atoms with Crippen molar-refractivity contribution in [3.8, 4) is 57.5 Å². The normalized spacial score (nSPS) is 16.9. The van der Waals surface area contributed by atoms with E-state index >= 15 is 0 Å². The summed E-state index contributed by atoms with van der Waals surface area (Å²) in [4.78, 5) is 202. The van der Waals surface area contributed by atoms with Gasteiger partial charge in [-0.05, 0) is 121 Å². The number of esters is 15. The molecule has 0 radical (unpaired) electrons. The number of para-hydroxylation sites is 10. The van der Waals surface area contributed by atoms with E-state index in [1.807, 2.05) is 0 Å². The SMILES string of the molecule is CC(=O)Oc1ccccc1C(=O)OCC1OC(OC(=O)c2ccccc2OC(C)=O)C(OC(=O)c2ccccc2OC(C)=O)C(OC(=O)c2ccccc2OC(C)=O)C1OC(=O)c1ccccc1OC(C)=O.COc1ccccc1C(=O)OCC(OC(=O)c1ccccc1OC)C1OC(OC(=O)c2ccccc2OC)C(OC(=O)c2ccccc2OC)C1OC(=O)c1ccccc1OC. The molecule has 134 heavy (non-hydrogen) atoms. The quantitative estimate of drug-likeness (QED) is 0.0209. The summed E-state index contributed by atoms with van der Waals surface area (Å²) in [5, 5.41) is 0. The summed E-state index contributed by atoms with van der Waals surface area (Å²) in [6, 6.07) is 57.3. The van der Waals surface area contributed by atoms with E-state index in [2.05, 4.69) is 0 Å². The molecule has 0 bridgehead atoms. The van der Waals surface area contributed by atoms with Crippen LogP contribution in [-0.4, -0.2) is 200 Å². The van der Waals surface area contributed by atoms with E-state index in [0.717, 1.165) is 34.6 Å². The summed E-state index contributed by atoms with van der Waals surface area (Å²) in [5.41, 5.74) is -2.01. The zero-order chi connectivity index (χ0) is 96.2. The Kier molecular flexibility index (Phi) is 33.9. The number of hydrogen-bond donors (Lipinski definition) is 0. The van der Waals surface area contributed by atoms with Gasteiger partial charge in [0, 0.05) is 34.6 Å². The minimum Gasteiger partial charge on any atom is -0.496 e. The van der Waals surface area contributed by atoms with Gasteiger partial charge in [-0.1, -0.05) is 121 Å². The Balaban J connectivity index is 0.000000261. The topological polar surface area (TPSA) is 459 Å². The largest absolute Gasteiger partial charge is 0.496 e. The Morgan fingerprint density at radius 3 is 0.754 bits per heavy atom. The molecule has 37 nitrogen and oxygen atoms in total. The van der Waals surface area contributed by atoms with E-state index in [4.69, 9.17) is 104 Å². The average Bonchev–Trinajstić information content (AvgIpc) is 1.72. The molecule has 10 aromatic rings. The smallest absolute Gasteiger partial charge is 0.344 e. The molecule has 2 fully saturated rings. The van der Waals surface area contributed by atoms with Crippen molar-refractivity contribution in [3.05, 3.63) is 298 Å². The molecular weight excluding hydrogens is 1760 g/mol. The molecule has 2 heterocycles. The first-order valence-corrected chi connectivity index (χ1v) is 40.4. The molecule has 0 aliphatic carbocycles. The van der Waals surface area contributed by atoms with Gasteiger partial charge in [-0.25, -0.2) is 47.9 Å². The van der Waals surface area contributed by atoms with Gasteiger partial charge in [-0.2, -0.15) is 0 Å². The lowest BCUT2D eigenvalue weighted by Crippen LogP contribution is -2.63. The van der Waals surface area contributed by atoms with Gasteiger partial charge in [-0.15, -0.1) is 0 Å². The maximum absolute atomic E-state index is 14.5. The van der Waals surface area contributed by atoms with Crippen LogP contribution in [0.2, 0.25) is 0 Å². The van der Waals surface area contributed by atoms with Crippen LogP contribution < -0.4 is 47.4 Å². The third kappa shape index (κ3) is 25.0. The molecule has 694 valence electrons. The molecule has 2 aliphatic rings. The summed E-state index contributed by atoms with van der Waals surface area (Å²) in [6.45, 7) is 3.61. The number of carbonyl (C=O) groups excluding carboxylic acids is 15. The first-order chi connectivity index (χ1) is 64.5. The maximum Gasteiger partial charge on any atom is 0.344 e. The van der Waals surface area contributed by atoms with Crippen molar-refractivity contribution in [1.82, 2.24) is 0 Å². The first kappa shape index (κ1) is 97.8. The Hall–Kier alpha value is -16.8. The van der Waals surface area contributed by atoms with E-state index in [-0.39, 0.29) is 102 Å². The monoisotopic (exact) mass is 1840 g/mol. The highest BCUT2D eigenvalue weighted by Gasteiger charge is 2.58. The molecule has 0 amide bonds. The second-order valence-corrected chi connectivity index (χ2v) is 28.3. The second kappa shape index (κ2) is 46.4. The minimum atomic E-state index is -2.27. The predicted molar refractivity (Wildman–Crippen MR) is 458 cm³/mol. The van der Waals surface area contributed by atoms with Crippen molar-refractivity contribution in [1.29, 1.82) is 0 Å². The lowest BCUT2D eigenvalue weighted by Gasteiger charge is -2.44. The van der Waals surface area contributed by atoms with E-state index < -0.39 is 175 Å². The predicted octanol–water partition coefficient (Wildman–Crippen LogP) is 11.9. The number of rotatable bonds is 33. The van der Waals surface area contributed by atoms with Crippen molar-refractivity contribution in [2.24, 2.45) is 0 Å². The average molecular weight is 1840 g/mol. The fourth-order valence-corrected chi connectivity index (χ4v) is 13.4.